The molecule has 0 bridgehead atoms. The van der Waals surface area contributed by atoms with E-state index in [9.17, 15) is 9.59 Å². The van der Waals surface area contributed by atoms with E-state index in [1.54, 1.807) is 18.3 Å². The largest absolute Gasteiger partial charge is 0.326 e. The second-order valence-corrected chi connectivity index (χ2v) is 5.57. The number of nitrogens with one attached hydrogen (secondary N) is 2. The van der Waals surface area contributed by atoms with Crippen molar-refractivity contribution in [1.29, 1.82) is 0 Å². The molecule has 24 heavy (non-hydrogen) atoms. The summed E-state index contributed by atoms with van der Waals surface area (Å²) in [4.78, 5) is 23.5. The summed E-state index contributed by atoms with van der Waals surface area (Å²) in [6, 6.07) is 15.1. The zero-order chi connectivity index (χ0) is 17.4. The summed E-state index contributed by atoms with van der Waals surface area (Å²) < 4.78 is 0. The molecule has 5 nitrogen and oxygen atoms in total. The number of benzene rings is 2. The Kier molecular flexibility index (Phi) is 6.25. The Hall–Kier alpha value is -2.95. The van der Waals surface area contributed by atoms with E-state index in [1.165, 1.54) is 5.56 Å². The Labute approximate surface area is 141 Å². The summed E-state index contributed by atoms with van der Waals surface area (Å²) in [6.07, 6.45) is 1.80. The van der Waals surface area contributed by atoms with Crippen LogP contribution in [0, 0.1) is 13.8 Å². The summed E-state index contributed by atoms with van der Waals surface area (Å²) in [5.74, 6) is -0.492. The fourth-order valence-electron chi connectivity index (χ4n) is 2.17. The molecule has 5 heteroatoms. The monoisotopic (exact) mass is 323 g/mol. The van der Waals surface area contributed by atoms with E-state index in [0.29, 0.717) is 0 Å². The molecule has 0 aliphatic rings. The molecule has 0 aliphatic carbocycles. The molecule has 2 amide bonds. The minimum Gasteiger partial charge on any atom is -0.326 e. The van der Waals surface area contributed by atoms with Gasteiger partial charge in [-0.25, -0.2) is 5.43 Å². The first kappa shape index (κ1) is 17.4. The lowest BCUT2D eigenvalue weighted by Crippen LogP contribution is -2.20. The topological polar surface area (TPSA) is 70.6 Å². The van der Waals surface area contributed by atoms with Gasteiger partial charge in [-0.05, 0) is 37.1 Å². The van der Waals surface area contributed by atoms with Crippen molar-refractivity contribution >= 4 is 23.7 Å². The van der Waals surface area contributed by atoms with Gasteiger partial charge in [-0.3, -0.25) is 9.59 Å². The quantitative estimate of drug-likeness (QED) is 0.633. The molecule has 0 spiro atoms. The second kappa shape index (κ2) is 8.62. The van der Waals surface area contributed by atoms with Crippen molar-refractivity contribution in [1.82, 2.24) is 5.43 Å². The molecular weight excluding hydrogens is 302 g/mol. The number of hydrogen-bond donors (Lipinski definition) is 2. The predicted octanol–water partition coefficient (Wildman–Crippen LogP) is 3.17. The van der Waals surface area contributed by atoms with Gasteiger partial charge < -0.3 is 5.32 Å². The van der Waals surface area contributed by atoms with Gasteiger partial charge in [0.05, 0.1) is 6.21 Å². The Morgan fingerprint density at radius 1 is 1.00 bits per heavy atom. The van der Waals surface area contributed by atoms with Gasteiger partial charge in [0.15, 0.2) is 0 Å². The summed E-state index contributed by atoms with van der Waals surface area (Å²) in [6.45, 7) is 4.01. The SMILES string of the molecule is Cc1ccc(/C=N/NC(=O)CCC(=O)Nc2ccccc2)c(C)c1. The molecule has 0 fully saturated rings. The number of hydrogen-bond acceptors (Lipinski definition) is 3. The van der Waals surface area contributed by atoms with Crippen molar-refractivity contribution in [3.8, 4) is 0 Å². The fraction of sp³-hybridized carbons (Fsp3) is 0.211. The van der Waals surface area contributed by atoms with E-state index in [0.717, 1.165) is 16.8 Å². The summed E-state index contributed by atoms with van der Waals surface area (Å²) in [7, 11) is 0. The number of aryl methyl sites for hydroxylation is 2. The minimum atomic E-state index is -0.292. The number of hydrazone groups is 1. The summed E-state index contributed by atoms with van der Waals surface area (Å²) >= 11 is 0. The standard InChI is InChI=1S/C19H21N3O2/c1-14-8-9-16(15(2)12-14)13-20-22-19(24)11-10-18(23)21-17-6-4-3-5-7-17/h3-9,12-13H,10-11H2,1-2H3,(H,21,23)(H,22,24)/b20-13+. The molecule has 0 atom stereocenters. The Morgan fingerprint density at radius 3 is 2.42 bits per heavy atom. The van der Waals surface area contributed by atoms with Gasteiger partial charge in [0.2, 0.25) is 11.8 Å². The molecular formula is C19H21N3O2. The van der Waals surface area contributed by atoms with Crippen molar-refractivity contribution < 1.29 is 9.59 Å². The number of amides is 2. The van der Waals surface area contributed by atoms with E-state index in [4.69, 9.17) is 0 Å². The molecule has 2 rings (SSSR count). The highest BCUT2D eigenvalue weighted by atomic mass is 16.2. The molecule has 2 N–H and O–H groups in total. The van der Waals surface area contributed by atoms with Crippen LogP contribution in [0.5, 0.6) is 0 Å². The number of anilines is 1. The maximum atomic E-state index is 11.8. The highest BCUT2D eigenvalue weighted by Crippen LogP contribution is 2.08. The average Bonchev–Trinajstić information content (AvgIpc) is 2.56. The number of para-hydroxylation sites is 1. The van der Waals surface area contributed by atoms with Gasteiger partial charge in [-0.1, -0.05) is 42.0 Å². The van der Waals surface area contributed by atoms with Gasteiger partial charge in [0.25, 0.3) is 0 Å². The Balaban J connectivity index is 1.75. The third-order valence-electron chi connectivity index (χ3n) is 3.45. The number of rotatable bonds is 6. The van der Waals surface area contributed by atoms with Crippen molar-refractivity contribution in [3.63, 3.8) is 0 Å². The zero-order valence-electron chi connectivity index (χ0n) is 13.9. The van der Waals surface area contributed by atoms with E-state index < -0.39 is 0 Å². The Morgan fingerprint density at radius 2 is 1.71 bits per heavy atom. The van der Waals surface area contributed by atoms with Crippen LogP contribution in [0.4, 0.5) is 5.69 Å². The van der Waals surface area contributed by atoms with Crippen LogP contribution in [-0.4, -0.2) is 18.0 Å². The maximum absolute atomic E-state index is 11.8. The molecule has 2 aromatic carbocycles. The molecule has 2 aromatic rings. The van der Waals surface area contributed by atoms with Crippen LogP contribution in [-0.2, 0) is 9.59 Å². The first-order chi connectivity index (χ1) is 11.5. The number of carbonyl (C=O) groups is 2. The van der Waals surface area contributed by atoms with E-state index in [1.807, 2.05) is 44.2 Å². The molecule has 124 valence electrons. The van der Waals surface area contributed by atoms with Crippen LogP contribution in [0.3, 0.4) is 0 Å². The fourth-order valence-corrected chi connectivity index (χ4v) is 2.17. The van der Waals surface area contributed by atoms with Gasteiger partial charge >= 0.3 is 0 Å². The van der Waals surface area contributed by atoms with E-state index in [2.05, 4.69) is 21.9 Å². The van der Waals surface area contributed by atoms with E-state index in [-0.39, 0.29) is 24.7 Å². The molecule has 0 aliphatic heterocycles. The van der Waals surface area contributed by atoms with Crippen molar-refractivity contribution in [2.24, 2.45) is 5.10 Å². The summed E-state index contributed by atoms with van der Waals surface area (Å²) in [5.41, 5.74) is 6.38. The second-order valence-electron chi connectivity index (χ2n) is 5.57. The lowest BCUT2D eigenvalue weighted by atomic mass is 10.1. The molecule has 0 radical (unpaired) electrons. The van der Waals surface area contributed by atoms with Crippen molar-refractivity contribution in [3.05, 3.63) is 65.2 Å². The number of nitrogens with zero attached hydrogens (tertiary/aromatic N) is 1. The summed E-state index contributed by atoms with van der Waals surface area (Å²) in [5, 5.41) is 6.67. The highest BCUT2D eigenvalue weighted by molar-refractivity contribution is 5.93. The lowest BCUT2D eigenvalue weighted by Gasteiger charge is -2.04. The average molecular weight is 323 g/mol. The maximum Gasteiger partial charge on any atom is 0.240 e. The molecule has 0 saturated carbocycles. The smallest absolute Gasteiger partial charge is 0.240 e. The van der Waals surface area contributed by atoms with Gasteiger partial charge in [-0.15, -0.1) is 0 Å². The van der Waals surface area contributed by atoms with Crippen LogP contribution in [0.25, 0.3) is 0 Å². The van der Waals surface area contributed by atoms with Gasteiger partial charge in [-0.2, -0.15) is 5.10 Å². The van der Waals surface area contributed by atoms with Crippen LogP contribution in [0.15, 0.2) is 53.6 Å². The van der Waals surface area contributed by atoms with Crippen LogP contribution in [0.2, 0.25) is 0 Å². The van der Waals surface area contributed by atoms with Gasteiger partial charge in [0, 0.05) is 18.5 Å². The van der Waals surface area contributed by atoms with Crippen LogP contribution >= 0.6 is 0 Å². The molecule has 0 aromatic heterocycles. The zero-order valence-corrected chi connectivity index (χ0v) is 13.9. The Bertz CT molecular complexity index is 740. The first-order valence-electron chi connectivity index (χ1n) is 7.78. The molecule has 0 heterocycles. The third-order valence-corrected chi connectivity index (χ3v) is 3.45. The van der Waals surface area contributed by atoms with Crippen molar-refractivity contribution in [2.45, 2.75) is 26.7 Å². The van der Waals surface area contributed by atoms with Gasteiger partial charge in [0.1, 0.15) is 0 Å². The molecule has 0 saturated heterocycles. The third kappa shape index (κ3) is 5.68. The highest BCUT2D eigenvalue weighted by Gasteiger charge is 2.06. The van der Waals surface area contributed by atoms with Crippen molar-refractivity contribution in [2.75, 3.05) is 5.32 Å². The van der Waals surface area contributed by atoms with Crippen LogP contribution < -0.4 is 10.7 Å². The minimum absolute atomic E-state index is 0.0862. The first-order valence-corrected chi connectivity index (χ1v) is 7.78. The number of carbonyl (C=O) groups excluding carboxylic acids is 2. The van der Waals surface area contributed by atoms with E-state index >= 15 is 0 Å². The predicted molar refractivity (Wildman–Crippen MR) is 96.0 cm³/mol. The lowest BCUT2D eigenvalue weighted by molar-refractivity contribution is -0.124. The van der Waals surface area contributed by atoms with Crippen LogP contribution in [0.1, 0.15) is 29.5 Å². The molecule has 0 unspecified atom stereocenters. The normalized spacial score (nSPS) is 10.6.